The first-order valence-electron chi connectivity index (χ1n) is 19.7. The summed E-state index contributed by atoms with van der Waals surface area (Å²) in [6.07, 6.45) is -0.609. The van der Waals surface area contributed by atoms with Crippen molar-refractivity contribution in [1.29, 1.82) is 0 Å². The van der Waals surface area contributed by atoms with Gasteiger partial charge >= 0.3 is 24.1 Å². The smallest absolute Gasteiger partial charge is 0.408 e. The molecule has 1 heterocycles. The van der Waals surface area contributed by atoms with Crippen LogP contribution in [0.1, 0.15) is 93.2 Å². The van der Waals surface area contributed by atoms with E-state index in [0.29, 0.717) is 29.7 Å². The second-order valence-electron chi connectivity index (χ2n) is 16.6. The number of aliphatic carboxylic acids is 1. The number of benzene rings is 3. The molecule has 60 heavy (non-hydrogen) atoms. The highest BCUT2D eigenvalue weighted by molar-refractivity contribution is 7.90. The fourth-order valence-corrected chi connectivity index (χ4v) is 8.91. The van der Waals surface area contributed by atoms with Gasteiger partial charge in [-0.05, 0) is 126 Å². The van der Waals surface area contributed by atoms with Crippen LogP contribution in [0.25, 0.3) is 11.1 Å². The number of alkyl carbamates (subject to hydrolysis) is 2. The van der Waals surface area contributed by atoms with Crippen LogP contribution in [-0.2, 0) is 40.2 Å². The third-order valence-electron chi connectivity index (χ3n) is 10.4. The number of hydrogen-bond acceptors (Lipinski definition) is 11. The number of carbonyl (C=O) groups excluding carboxylic acids is 3. The fraction of sp³-hybridized carbons (Fsp3) is 0.465. The molecule has 0 spiro atoms. The van der Waals surface area contributed by atoms with Crippen LogP contribution >= 0.6 is 0 Å². The summed E-state index contributed by atoms with van der Waals surface area (Å²) in [6.45, 7) is 13.2. The second-order valence-corrected chi connectivity index (χ2v) is 18.2. The lowest BCUT2D eigenvalue weighted by atomic mass is 9.88. The minimum Gasteiger partial charge on any atom is -0.487 e. The predicted octanol–water partition coefficient (Wildman–Crippen LogP) is 5.52. The molecule has 2 atom stereocenters. The van der Waals surface area contributed by atoms with E-state index in [9.17, 15) is 32.7 Å². The van der Waals surface area contributed by atoms with Crippen molar-refractivity contribution in [2.45, 2.75) is 115 Å². The molecule has 0 saturated carbocycles. The van der Waals surface area contributed by atoms with Crippen LogP contribution in [0.3, 0.4) is 0 Å². The first-order chi connectivity index (χ1) is 28.1. The monoisotopic (exact) mass is 849 g/mol. The van der Waals surface area contributed by atoms with Gasteiger partial charge in [0.15, 0.2) is 6.04 Å². The molecule has 2 aliphatic rings. The number of carbonyl (C=O) groups is 4. The molecule has 1 aliphatic heterocycles. The summed E-state index contributed by atoms with van der Waals surface area (Å²) in [5.41, 5.74) is 11.4. The summed E-state index contributed by atoms with van der Waals surface area (Å²) in [7, 11) is -4.18. The Morgan fingerprint density at radius 2 is 1.52 bits per heavy atom. The number of nitrogens with two attached hydrogens (primary N) is 1. The van der Waals surface area contributed by atoms with E-state index in [1.807, 2.05) is 69.3 Å². The summed E-state index contributed by atoms with van der Waals surface area (Å²) < 4.78 is 52.0. The number of aliphatic imine (C=N–C) groups is 1. The predicted molar refractivity (Wildman–Crippen MR) is 223 cm³/mol. The minimum absolute atomic E-state index is 0.0444. The highest BCUT2D eigenvalue weighted by atomic mass is 32.2. The number of nitrogens with zero attached hydrogens (tertiary/aromatic N) is 1. The van der Waals surface area contributed by atoms with Crippen molar-refractivity contribution in [1.82, 2.24) is 15.4 Å². The number of ether oxygens (including phenoxy) is 4. The largest absolute Gasteiger partial charge is 0.487 e. The first kappa shape index (κ1) is 45.2. The Morgan fingerprint density at radius 1 is 0.917 bits per heavy atom. The second kappa shape index (κ2) is 18.2. The third kappa shape index (κ3) is 10.9. The van der Waals surface area contributed by atoms with E-state index in [2.05, 4.69) is 20.3 Å². The van der Waals surface area contributed by atoms with E-state index in [0.717, 1.165) is 33.4 Å². The number of fused-ring (bicyclic) bond motifs is 4. The van der Waals surface area contributed by atoms with Gasteiger partial charge in [-0.2, -0.15) is 0 Å². The highest BCUT2D eigenvalue weighted by Gasteiger charge is 2.35. The van der Waals surface area contributed by atoms with Gasteiger partial charge in [0.25, 0.3) is 10.0 Å². The van der Waals surface area contributed by atoms with Gasteiger partial charge in [0.2, 0.25) is 5.96 Å². The molecule has 2 unspecified atom stereocenters. The number of amides is 2. The Balaban J connectivity index is 1.26. The number of esters is 1. The van der Waals surface area contributed by atoms with Crippen LogP contribution in [0, 0.1) is 20.8 Å². The highest BCUT2D eigenvalue weighted by Crippen LogP contribution is 2.45. The fourth-order valence-electron chi connectivity index (χ4n) is 7.39. The van der Waals surface area contributed by atoms with Gasteiger partial charge in [0.1, 0.15) is 36.2 Å². The standard InChI is InChI=1S/C43H55N5O11S/c1-24-25(2)36(26(3)27-19-20-43(7,8)58-35(24)27)60(54,55)48-39(44)45-21-13-18-33(38(51)56-23-34(37(49)50)47-41(53)59-42(4,5)6)46-40(52)57-22-32-30-16-11-9-14-28(30)29-15-10-12-17-31(29)32/h9-12,14-17,32-34H,13,18-23H2,1-8H3,(H,46,52)(H,47,53)(H,49,50)(H3,44,45,48). The molecule has 324 valence electrons. The van der Waals surface area contributed by atoms with Crippen LogP contribution in [0.4, 0.5) is 9.59 Å². The van der Waals surface area contributed by atoms with E-state index in [1.54, 1.807) is 34.6 Å². The number of guanidine groups is 1. The van der Waals surface area contributed by atoms with Gasteiger partial charge in [-0.15, -0.1) is 0 Å². The van der Waals surface area contributed by atoms with Crippen molar-refractivity contribution in [3.63, 3.8) is 0 Å². The van der Waals surface area contributed by atoms with Crippen molar-refractivity contribution >= 4 is 40.1 Å². The van der Waals surface area contributed by atoms with Crippen LogP contribution < -0.4 is 25.8 Å². The van der Waals surface area contributed by atoms with Crippen molar-refractivity contribution in [2.75, 3.05) is 19.8 Å². The zero-order valence-corrected chi connectivity index (χ0v) is 36.1. The number of nitrogens with one attached hydrogen (secondary N) is 3. The number of sulfonamides is 1. The third-order valence-corrected chi connectivity index (χ3v) is 12.0. The molecule has 0 aromatic heterocycles. The lowest BCUT2D eigenvalue weighted by Crippen LogP contribution is -2.48. The molecule has 0 saturated heterocycles. The molecule has 1 aliphatic carbocycles. The van der Waals surface area contributed by atoms with Gasteiger partial charge in [-0.3, -0.25) is 4.99 Å². The van der Waals surface area contributed by atoms with Crippen molar-refractivity contribution < 1.29 is 51.6 Å². The zero-order chi connectivity index (χ0) is 44.2. The molecular weight excluding hydrogens is 795 g/mol. The normalized spacial score (nSPS) is 15.6. The molecule has 5 rings (SSSR count). The Morgan fingerprint density at radius 3 is 2.12 bits per heavy atom. The Labute approximate surface area is 350 Å². The molecule has 3 aromatic rings. The summed E-state index contributed by atoms with van der Waals surface area (Å²) in [4.78, 5) is 55.1. The van der Waals surface area contributed by atoms with Gasteiger partial charge in [0.05, 0.1) is 4.90 Å². The molecule has 0 fully saturated rings. The van der Waals surface area contributed by atoms with Crippen LogP contribution in [0.2, 0.25) is 0 Å². The van der Waals surface area contributed by atoms with E-state index in [1.165, 1.54) is 0 Å². The minimum atomic E-state index is -4.18. The van der Waals surface area contributed by atoms with Crippen LogP contribution in [-0.4, -0.2) is 86.7 Å². The zero-order valence-electron chi connectivity index (χ0n) is 35.3. The molecule has 2 amide bonds. The van der Waals surface area contributed by atoms with Crippen LogP contribution in [0.15, 0.2) is 58.4 Å². The molecule has 3 aromatic carbocycles. The lowest BCUT2D eigenvalue weighted by molar-refractivity contribution is -0.150. The van der Waals surface area contributed by atoms with Gasteiger partial charge in [0, 0.05) is 12.5 Å². The summed E-state index contributed by atoms with van der Waals surface area (Å²) in [5, 5.41) is 14.4. The molecule has 17 heteroatoms. The maximum absolute atomic E-state index is 13.7. The lowest BCUT2D eigenvalue weighted by Gasteiger charge is -2.35. The van der Waals surface area contributed by atoms with Crippen LogP contribution in [0.5, 0.6) is 5.75 Å². The average molecular weight is 850 g/mol. The Hall–Kier alpha value is -5.84. The number of rotatable bonds is 14. The van der Waals surface area contributed by atoms with Crippen molar-refractivity contribution in [2.24, 2.45) is 10.7 Å². The van der Waals surface area contributed by atoms with E-state index in [-0.39, 0.29) is 48.4 Å². The summed E-state index contributed by atoms with van der Waals surface area (Å²) in [5.74, 6) is -2.46. The summed E-state index contributed by atoms with van der Waals surface area (Å²) in [6, 6.07) is 12.6. The molecular formula is C43H55N5O11S. The SMILES string of the molecule is Cc1c(C)c(S(=O)(=O)NC(N)=NCCCC(NC(=O)OCC2c3ccccc3-c3ccccc32)C(=O)OCC(NC(=O)OC(C)(C)C)C(=O)O)c(C)c2c1OC(C)(C)CC2. The topological polar surface area (TPSA) is 234 Å². The van der Waals surface area contributed by atoms with Gasteiger partial charge in [-0.1, -0.05) is 48.5 Å². The molecule has 16 nitrogen and oxygen atoms in total. The number of carboxylic acid groups (broad SMARTS) is 1. The van der Waals surface area contributed by atoms with Crippen molar-refractivity contribution in [3.05, 3.63) is 81.9 Å². The molecule has 6 N–H and O–H groups in total. The van der Waals surface area contributed by atoms with E-state index >= 15 is 0 Å². The summed E-state index contributed by atoms with van der Waals surface area (Å²) >= 11 is 0. The maximum atomic E-state index is 13.7. The number of carboxylic acids is 1. The number of hydrogen-bond donors (Lipinski definition) is 5. The van der Waals surface area contributed by atoms with Crippen molar-refractivity contribution in [3.8, 4) is 16.9 Å². The Kier molecular flexibility index (Phi) is 13.7. The van der Waals surface area contributed by atoms with Gasteiger partial charge in [-0.25, -0.2) is 32.3 Å². The van der Waals surface area contributed by atoms with E-state index < -0.39 is 58.4 Å². The molecule has 0 radical (unpaired) electrons. The average Bonchev–Trinajstić information content (AvgIpc) is 3.47. The maximum Gasteiger partial charge on any atom is 0.408 e. The van der Waals surface area contributed by atoms with Gasteiger partial charge < -0.3 is 40.4 Å². The van der Waals surface area contributed by atoms with E-state index in [4.69, 9.17) is 24.7 Å². The quantitative estimate of drug-likeness (QED) is 0.0444. The first-order valence-corrected chi connectivity index (χ1v) is 21.2. The Bertz CT molecular complexity index is 2240. The molecule has 0 bridgehead atoms.